The number of amides is 3. The first-order valence-electron chi connectivity index (χ1n) is 9.14. The summed E-state index contributed by atoms with van der Waals surface area (Å²) < 4.78 is 5.30. The topological polar surface area (TPSA) is 75.7 Å². The lowest BCUT2D eigenvalue weighted by molar-refractivity contribution is -0.148. The number of benzene rings is 2. The molecule has 1 N–H and O–H groups in total. The number of nitrogens with one attached hydrogen (secondary N) is 1. The van der Waals surface area contributed by atoms with Crippen molar-refractivity contribution >= 4 is 17.9 Å². The molecule has 0 aromatic heterocycles. The van der Waals surface area contributed by atoms with Gasteiger partial charge in [0.15, 0.2) is 0 Å². The van der Waals surface area contributed by atoms with Crippen LogP contribution in [0.25, 0.3) is 0 Å². The summed E-state index contributed by atoms with van der Waals surface area (Å²) in [5.74, 6) is -1.09. The highest BCUT2D eigenvalue weighted by atomic mass is 16.5. The second-order valence-corrected chi connectivity index (χ2v) is 7.40. The molecule has 0 spiro atoms. The van der Waals surface area contributed by atoms with Gasteiger partial charge in [-0.15, -0.1) is 0 Å². The average molecular weight is 380 g/mol. The van der Waals surface area contributed by atoms with Crippen LogP contribution in [-0.2, 0) is 26.5 Å². The molecule has 0 saturated carbocycles. The van der Waals surface area contributed by atoms with Crippen LogP contribution < -0.4 is 5.32 Å². The minimum atomic E-state index is -1.20. The van der Waals surface area contributed by atoms with Gasteiger partial charge >= 0.3 is 12.0 Å². The van der Waals surface area contributed by atoms with E-state index in [0.717, 1.165) is 27.2 Å². The van der Waals surface area contributed by atoms with E-state index in [2.05, 4.69) is 5.32 Å². The zero-order valence-electron chi connectivity index (χ0n) is 16.5. The van der Waals surface area contributed by atoms with Crippen LogP contribution in [0.15, 0.2) is 42.5 Å². The second kappa shape index (κ2) is 7.46. The SMILES string of the molecule is Cc1ccc([C@@]2(C)NC(=O)N(CC(=O)OCc3cc(C)ccc3C)C2=O)cc1. The van der Waals surface area contributed by atoms with Crippen LogP contribution in [0.2, 0.25) is 0 Å². The van der Waals surface area contributed by atoms with Gasteiger partial charge in [0, 0.05) is 0 Å². The van der Waals surface area contributed by atoms with E-state index in [0.29, 0.717) is 5.56 Å². The van der Waals surface area contributed by atoms with Gasteiger partial charge in [-0.1, -0.05) is 53.6 Å². The number of nitrogens with zero attached hydrogens (tertiary/aromatic N) is 1. The van der Waals surface area contributed by atoms with E-state index in [1.807, 2.05) is 51.1 Å². The maximum absolute atomic E-state index is 12.9. The predicted octanol–water partition coefficient (Wildman–Crippen LogP) is 3.12. The van der Waals surface area contributed by atoms with E-state index in [1.165, 1.54) is 0 Å². The van der Waals surface area contributed by atoms with Gasteiger partial charge in [-0.3, -0.25) is 14.5 Å². The Hall–Kier alpha value is -3.15. The number of carbonyl (C=O) groups excluding carboxylic acids is 3. The monoisotopic (exact) mass is 380 g/mol. The molecule has 28 heavy (non-hydrogen) atoms. The van der Waals surface area contributed by atoms with Gasteiger partial charge in [0.05, 0.1) is 0 Å². The molecule has 0 bridgehead atoms. The van der Waals surface area contributed by atoms with E-state index >= 15 is 0 Å². The zero-order chi connectivity index (χ0) is 20.5. The lowest BCUT2D eigenvalue weighted by atomic mass is 9.91. The number of imide groups is 1. The zero-order valence-corrected chi connectivity index (χ0v) is 16.5. The van der Waals surface area contributed by atoms with Crippen LogP contribution in [-0.4, -0.2) is 29.4 Å². The molecule has 0 radical (unpaired) electrons. The fourth-order valence-electron chi connectivity index (χ4n) is 3.21. The number of hydrogen-bond acceptors (Lipinski definition) is 4. The van der Waals surface area contributed by atoms with Crippen LogP contribution in [0.5, 0.6) is 0 Å². The van der Waals surface area contributed by atoms with Crippen molar-refractivity contribution in [2.75, 3.05) is 6.54 Å². The lowest BCUT2D eigenvalue weighted by Gasteiger charge is -2.22. The molecule has 1 aliphatic rings. The van der Waals surface area contributed by atoms with Gasteiger partial charge in [0.2, 0.25) is 0 Å². The summed E-state index contributed by atoms with van der Waals surface area (Å²) in [7, 11) is 0. The average Bonchev–Trinajstić information content (AvgIpc) is 2.87. The molecular weight excluding hydrogens is 356 g/mol. The first-order chi connectivity index (χ1) is 13.2. The summed E-state index contributed by atoms with van der Waals surface area (Å²) in [6.07, 6.45) is 0. The summed E-state index contributed by atoms with van der Waals surface area (Å²) in [6.45, 7) is 7.16. The third-order valence-corrected chi connectivity index (χ3v) is 5.08. The highest BCUT2D eigenvalue weighted by molar-refractivity contribution is 6.08. The maximum Gasteiger partial charge on any atom is 0.326 e. The quantitative estimate of drug-likeness (QED) is 0.639. The number of urea groups is 1. The van der Waals surface area contributed by atoms with Crippen LogP contribution in [0.4, 0.5) is 4.79 Å². The van der Waals surface area contributed by atoms with Gasteiger partial charge in [0.1, 0.15) is 18.7 Å². The number of aryl methyl sites for hydroxylation is 3. The van der Waals surface area contributed by atoms with E-state index in [9.17, 15) is 14.4 Å². The number of hydrogen-bond donors (Lipinski definition) is 1. The molecule has 1 atom stereocenters. The summed E-state index contributed by atoms with van der Waals surface area (Å²) in [4.78, 5) is 38.4. The molecule has 6 nitrogen and oxygen atoms in total. The number of rotatable bonds is 5. The van der Waals surface area contributed by atoms with Crippen molar-refractivity contribution in [1.29, 1.82) is 0 Å². The maximum atomic E-state index is 12.9. The number of ether oxygens (including phenoxy) is 1. The Morgan fingerprint density at radius 3 is 2.36 bits per heavy atom. The minimum absolute atomic E-state index is 0.102. The first-order valence-corrected chi connectivity index (χ1v) is 9.14. The molecule has 1 fully saturated rings. The summed E-state index contributed by atoms with van der Waals surface area (Å²) >= 11 is 0. The third kappa shape index (κ3) is 3.76. The van der Waals surface area contributed by atoms with Crippen molar-refractivity contribution in [2.24, 2.45) is 0 Å². The number of carbonyl (C=O) groups is 3. The van der Waals surface area contributed by atoms with Gasteiger partial charge in [-0.2, -0.15) is 0 Å². The molecule has 6 heteroatoms. The van der Waals surface area contributed by atoms with Gasteiger partial charge in [0.25, 0.3) is 5.91 Å². The van der Waals surface area contributed by atoms with Crippen LogP contribution in [0, 0.1) is 20.8 Å². The van der Waals surface area contributed by atoms with Crippen molar-refractivity contribution in [1.82, 2.24) is 10.2 Å². The highest BCUT2D eigenvalue weighted by Gasteiger charge is 2.49. The molecule has 146 valence electrons. The van der Waals surface area contributed by atoms with Crippen molar-refractivity contribution in [2.45, 2.75) is 39.8 Å². The van der Waals surface area contributed by atoms with Crippen LogP contribution >= 0.6 is 0 Å². The molecule has 0 aliphatic carbocycles. The molecule has 3 rings (SSSR count). The summed E-state index contributed by atoms with van der Waals surface area (Å²) in [6, 6.07) is 12.7. The Labute approximate surface area is 164 Å². The molecule has 1 aliphatic heterocycles. The van der Waals surface area contributed by atoms with Gasteiger partial charge in [-0.25, -0.2) is 4.79 Å². The first kappa shape index (κ1) is 19.6. The Morgan fingerprint density at radius 2 is 1.68 bits per heavy atom. The molecule has 1 heterocycles. The van der Waals surface area contributed by atoms with Crippen molar-refractivity contribution in [3.8, 4) is 0 Å². The number of esters is 1. The molecular formula is C22H24N2O4. The Bertz CT molecular complexity index is 936. The van der Waals surface area contributed by atoms with E-state index < -0.39 is 30.0 Å². The van der Waals surface area contributed by atoms with Crippen LogP contribution in [0.3, 0.4) is 0 Å². The fourth-order valence-corrected chi connectivity index (χ4v) is 3.21. The lowest BCUT2D eigenvalue weighted by Crippen LogP contribution is -2.41. The Balaban J connectivity index is 1.67. The summed E-state index contributed by atoms with van der Waals surface area (Å²) in [5.41, 5.74) is 3.51. The van der Waals surface area contributed by atoms with Gasteiger partial charge < -0.3 is 10.1 Å². The molecule has 2 aromatic carbocycles. The van der Waals surface area contributed by atoms with Crippen molar-refractivity contribution in [3.05, 3.63) is 70.3 Å². The van der Waals surface area contributed by atoms with E-state index in [1.54, 1.807) is 19.1 Å². The standard InChI is InChI=1S/C22H24N2O4/c1-14-6-9-18(10-7-14)22(4)20(26)24(21(27)23-22)12-19(25)28-13-17-11-15(2)5-8-16(17)3/h5-11H,12-13H2,1-4H3,(H,23,27)/t22-/m1/s1. The second-order valence-electron chi connectivity index (χ2n) is 7.40. The van der Waals surface area contributed by atoms with Crippen molar-refractivity contribution in [3.63, 3.8) is 0 Å². The molecule has 2 aromatic rings. The minimum Gasteiger partial charge on any atom is -0.459 e. The highest BCUT2D eigenvalue weighted by Crippen LogP contribution is 2.29. The van der Waals surface area contributed by atoms with Crippen LogP contribution in [0.1, 0.15) is 34.7 Å². The third-order valence-electron chi connectivity index (χ3n) is 5.08. The largest absolute Gasteiger partial charge is 0.459 e. The Kier molecular flexibility index (Phi) is 5.23. The molecule has 3 amide bonds. The normalized spacial score (nSPS) is 18.9. The Morgan fingerprint density at radius 1 is 1.04 bits per heavy atom. The fraction of sp³-hybridized carbons (Fsp3) is 0.318. The van der Waals surface area contributed by atoms with E-state index in [4.69, 9.17) is 4.74 Å². The van der Waals surface area contributed by atoms with Gasteiger partial charge in [-0.05, 0) is 44.4 Å². The van der Waals surface area contributed by atoms with E-state index in [-0.39, 0.29) is 6.61 Å². The molecule has 1 saturated heterocycles. The smallest absolute Gasteiger partial charge is 0.326 e. The summed E-state index contributed by atoms with van der Waals surface area (Å²) in [5, 5.41) is 2.69. The molecule has 0 unspecified atom stereocenters. The predicted molar refractivity (Wildman–Crippen MR) is 104 cm³/mol. The van der Waals surface area contributed by atoms with Crippen molar-refractivity contribution < 1.29 is 19.1 Å².